The number of sulfonamides is 1. The highest BCUT2D eigenvalue weighted by Crippen LogP contribution is 2.31. The number of ether oxygens (including phenoxy) is 1. The van der Waals surface area contributed by atoms with E-state index in [1.807, 2.05) is 0 Å². The van der Waals surface area contributed by atoms with Crippen LogP contribution in [0.2, 0.25) is 10.0 Å². The minimum Gasteiger partial charge on any atom is -0.497 e. The summed E-state index contributed by atoms with van der Waals surface area (Å²) in [6, 6.07) is 11.4. The first kappa shape index (κ1) is 19.9. The molecule has 3 rings (SSSR count). The summed E-state index contributed by atoms with van der Waals surface area (Å²) >= 11 is 12.0. The largest absolute Gasteiger partial charge is 0.497 e. The van der Waals surface area contributed by atoms with Crippen molar-refractivity contribution in [1.82, 2.24) is 9.21 Å². The summed E-state index contributed by atoms with van der Waals surface area (Å²) in [5.41, 5.74) is 0.503. The third kappa shape index (κ3) is 4.06. The molecule has 0 bridgehead atoms. The summed E-state index contributed by atoms with van der Waals surface area (Å²) in [6.07, 6.45) is 0. The van der Waals surface area contributed by atoms with Gasteiger partial charge in [0, 0.05) is 31.7 Å². The molecule has 0 unspecified atom stereocenters. The molecule has 1 amide bonds. The molecule has 1 saturated heterocycles. The van der Waals surface area contributed by atoms with Crippen LogP contribution in [0.25, 0.3) is 0 Å². The maximum atomic E-state index is 12.9. The summed E-state index contributed by atoms with van der Waals surface area (Å²) in [7, 11) is -2.24. The molecule has 1 heterocycles. The molecule has 0 saturated carbocycles. The highest BCUT2D eigenvalue weighted by atomic mass is 35.5. The van der Waals surface area contributed by atoms with Crippen LogP contribution >= 0.6 is 23.2 Å². The molecule has 0 atom stereocenters. The van der Waals surface area contributed by atoms with Crippen LogP contribution in [0.5, 0.6) is 5.75 Å². The van der Waals surface area contributed by atoms with Gasteiger partial charge in [0.1, 0.15) is 10.6 Å². The van der Waals surface area contributed by atoms with E-state index < -0.39 is 10.0 Å². The van der Waals surface area contributed by atoms with Gasteiger partial charge in [-0.15, -0.1) is 0 Å². The van der Waals surface area contributed by atoms with Crippen molar-refractivity contribution in [3.63, 3.8) is 0 Å². The Hall–Kier alpha value is -1.80. The lowest BCUT2D eigenvalue weighted by Crippen LogP contribution is -2.50. The summed E-state index contributed by atoms with van der Waals surface area (Å²) in [6.45, 7) is 0.933. The SMILES string of the molecule is COc1cccc(C(=O)N2CCN(S(=O)(=O)c3cccc(Cl)c3Cl)CC2)c1. The average molecular weight is 429 g/mol. The van der Waals surface area contributed by atoms with E-state index in [-0.39, 0.29) is 47.0 Å². The third-order valence-corrected chi connectivity index (χ3v) is 7.25. The van der Waals surface area contributed by atoms with Gasteiger partial charge in [-0.1, -0.05) is 35.3 Å². The molecular weight excluding hydrogens is 411 g/mol. The number of carbonyl (C=O) groups is 1. The van der Waals surface area contributed by atoms with Gasteiger partial charge in [0.2, 0.25) is 10.0 Å². The number of hydrogen-bond donors (Lipinski definition) is 0. The Kier molecular flexibility index (Phi) is 5.95. The highest BCUT2D eigenvalue weighted by molar-refractivity contribution is 7.89. The van der Waals surface area contributed by atoms with Gasteiger partial charge in [0.05, 0.1) is 17.2 Å². The molecule has 6 nitrogen and oxygen atoms in total. The third-order valence-electron chi connectivity index (χ3n) is 4.38. The van der Waals surface area contributed by atoms with Crippen LogP contribution in [0.3, 0.4) is 0 Å². The second-order valence-corrected chi connectivity index (χ2v) is 8.67. The first-order chi connectivity index (χ1) is 12.8. The molecule has 9 heteroatoms. The molecule has 27 heavy (non-hydrogen) atoms. The number of rotatable bonds is 4. The van der Waals surface area contributed by atoms with Crippen molar-refractivity contribution in [1.29, 1.82) is 0 Å². The first-order valence-corrected chi connectivity index (χ1v) is 10.4. The minimum atomic E-state index is -3.78. The van der Waals surface area contributed by atoms with Crippen molar-refractivity contribution in [2.24, 2.45) is 0 Å². The number of nitrogens with zero attached hydrogens (tertiary/aromatic N) is 2. The van der Waals surface area contributed by atoms with Crippen molar-refractivity contribution < 1.29 is 17.9 Å². The van der Waals surface area contributed by atoms with Gasteiger partial charge >= 0.3 is 0 Å². The topological polar surface area (TPSA) is 66.9 Å². The molecule has 1 aliphatic rings. The maximum absolute atomic E-state index is 12.9. The fourth-order valence-corrected chi connectivity index (χ4v) is 5.05. The van der Waals surface area contributed by atoms with Gasteiger partial charge in [-0.25, -0.2) is 8.42 Å². The zero-order valence-corrected chi connectivity index (χ0v) is 16.9. The Morgan fingerprint density at radius 2 is 1.70 bits per heavy atom. The Labute approximate surface area is 168 Å². The van der Waals surface area contributed by atoms with Crippen LogP contribution in [0, 0.1) is 0 Å². The van der Waals surface area contributed by atoms with Crippen molar-refractivity contribution in [2.75, 3.05) is 33.3 Å². The van der Waals surface area contributed by atoms with Crippen LogP contribution in [-0.2, 0) is 10.0 Å². The van der Waals surface area contributed by atoms with Crippen molar-refractivity contribution in [2.45, 2.75) is 4.90 Å². The van der Waals surface area contributed by atoms with Crippen LogP contribution in [0.1, 0.15) is 10.4 Å². The van der Waals surface area contributed by atoms with E-state index in [0.717, 1.165) is 0 Å². The van der Waals surface area contributed by atoms with Crippen LogP contribution in [-0.4, -0.2) is 56.8 Å². The fourth-order valence-electron chi connectivity index (χ4n) is 2.89. The van der Waals surface area contributed by atoms with Crippen molar-refractivity contribution in [3.8, 4) is 5.75 Å². The molecule has 0 aliphatic carbocycles. The number of halogens is 2. The predicted molar refractivity (Wildman–Crippen MR) is 104 cm³/mol. The average Bonchev–Trinajstić information content (AvgIpc) is 2.69. The van der Waals surface area contributed by atoms with Gasteiger partial charge in [-0.2, -0.15) is 4.31 Å². The normalized spacial score (nSPS) is 15.6. The smallest absolute Gasteiger partial charge is 0.254 e. The molecule has 0 N–H and O–H groups in total. The second-order valence-electron chi connectivity index (χ2n) is 5.98. The standard InChI is InChI=1S/C18H18Cl2N2O4S/c1-26-14-5-2-4-13(12-14)18(23)21-8-10-22(11-9-21)27(24,25)16-7-3-6-15(19)17(16)20/h2-7,12H,8-11H2,1H3. The van der Waals surface area contributed by atoms with Gasteiger partial charge in [0.15, 0.2) is 0 Å². The Balaban J connectivity index is 1.73. The van der Waals surface area contributed by atoms with Crippen molar-refractivity contribution >= 4 is 39.1 Å². The molecule has 2 aromatic carbocycles. The summed E-state index contributed by atoms with van der Waals surface area (Å²) in [5.74, 6) is 0.435. The lowest BCUT2D eigenvalue weighted by atomic mass is 10.1. The highest BCUT2D eigenvalue weighted by Gasteiger charge is 2.32. The molecular formula is C18H18Cl2N2O4S. The van der Waals surface area contributed by atoms with E-state index >= 15 is 0 Å². The van der Waals surface area contributed by atoms with Gasteiger partial charge in [0.25, 0.3) is 5.91 Å². The van der Waals surface area contributed by atoms with Crippen LogP contribution in [0.4, 0.5) is 0 Å². The zero-order chi connectivity index (χ0) is 19.6. The van der Waals surface area contributed by atoms with E-state index in [9.17, 15) is 13.2 Å². The van der Waals surface area contributed by atoms with Gasteiger partial charge < -0.3 is 9.64 Å². The van der Waals surface area contributed by atoms with Crippen molar-refractivity contribution in [3.05, 3.63) is 58.1 Å². The molecule has 1 aliphatic heterocycles. The lowest BCUT2D eigenvalue weighted by Gasteiger charge is -2.34. The predicted octanol–water partition coefficient (Wildman–Crippen LogP) is 3.15. The van der Waals surface area contributed by atoms with Gasteiger partial charge in [-0.3, -0.25) is 4.79 Å². The number of hydrogen-bond acceptors (Lipinski definition) is 4. The van der Waals surface area contributed by atoms with E-state index in [1.165, 1.54) is 23.5 Å². The lowest BCUT2D eigenvalue weighted by molar-refractivity contribution is 0.0697. The van der Waals surface area contributed by atoms with E-state index in [0.29, 0.717) is 11.3 Å². The van der Waals surface area contributed by atoms with E-state index in [4.69, 9.17) is 27.9 Å². The Morgan fingerprint density at radius 1 is 1.04 bits per heavy atom. The number of amides is 1. The monoisotopic (exact) mass is 428 g/mol. The number of carbonyl (C=O) groups excluding carboxylic acids is 1. The Bertz CT molecular complexity index is 958. The number of methoxy groups -OCH3 is 1. The second kappa shape index (κ2) is 8.06. The molecule has 144 valence electrons. The summed E-state index contributed by atoms with van der Waals surface area (Å²) < 4.78 is 32.2. The van der Waals surface area contributed by atoms with Crippen LogP contribution < -0.4 is 4.74 Å². The molecule has 2 aromatic rings. The van der Waals surface area contributed by atoms with Crippen LogP contribution in [0.15, 0.2) is 47.4 Å². The molecule has 0 radical (unpaired) electrons. The number of piperazine rings is 1. The minimum absolute atomic E-state index is 0.00838. The summed E-state index contributed by atoms with van der Waals surface area (Å²) in [5, 5.41) is 0.193. The zero-order valence-electron chi connectivity index (χ0n) is 14.6. The van der Waals surface area contributed by atoms with Gasteiger partial charge in [-0.05, 0) is 30.3 Å². The maximum Gasteiger partial charge on any atom is 0.254 e. The van der Waals surface area contributed by atoms with E-state index in [2.05, 4.69) is 0 Å². The Morgan fingerprint density at radius 3 is 2.37 bits per heavy atom. The first-order valence-electron chi connectivity index (χ1n) is 8.22. The molecule has 0 spiro atoms. The quantitative estimate of drug-likeness (QED) is 0.749. The summed E-state index contributed by atoms with van der Waals surface area (Å²) in [4.78, 5) is 14.3. The fraction of sp³-hybridized carbons (Fsp3) is 0.278. The molecule has 0 aromatic heterocycles. The number of benzene rings is 2. The van der Waals surface area contributed by atoms with E-state index in [1.54, 1.807) is 35.2 Å². The molecule has 1 fully saturated rings.